The van der Waals surface area contributed by atoms with E-state index in [0.717, 1.165) is 84.1 Å². The first kappa shape index (κ1) is 32.0. The summed E-state index contributed by atoms with van der Waals surface area (Å²) in [5, 5.41) is 4.60. The Hall–Kier alpha value is -6.97. The molecule has 250 valence electrons. The van der Waals surface area contributed by atoms with E-state index >= 15 is 0 Å². The van der Waals surface area contributed by atoms with Crippen LogP contribution in [-0.4, -0.2) is 15.0 Å². The van der Waals surface area contributed by atoms with Gasteiger partial charge in [-0.3, -0.25) is 4.98 Å². The molecule has 0 atom stereocenters. The SMILES string of the molecule is C=C1C=C(c2cc(-c3ccc(-c4cccc(-c5cncc6ccccc56)c4)cc3)nc(-c3cccc4ccccc34)n2)c2ccccc2C/C=C\C=C/1. The fourth-order valence-electron chi connectivity index (χ4n) is 7.26. The van der Waals surface area contributed by atoms with Crippen LogP contribution < -0.4 is 0 Å². The molecule has 9 rings (SSSR count). The number of benzene rings is 6. The molecule has 0 N–H and O–H groups in total. The topological polar surface area (TPSA) is 38.7 Å². The molecule has 0 spiro atoms. The Labute approximate surface area is 309 Å². The zero-order chi connectivity index (χ0) is 35.6. The van der Waals surface area contributed by atoms with Gasteiger partial charge >= 0.3 is 0 Å². The third-order valence-corrected chi connectivity index (χ3v) is 9.92. The third-order valence-electron chi connectivity index (χ3n) is 9.92. The standard InChI is InChI=1S/C50H35N3/c1-34-13-3-2-4-14-36-15-6-9-22-43(36)46(29-34)49-31-48(52-50(53-49)45-24-12-18-37-16-5-8-21-42(37)45)38-27-25-35(26-28-38)39-19-11-20-40(30-39)47-33-51-32-41-17-7-10-23-44(41)47/h2-13,15-33H,1,14H2/b4-2-,13-3-,46-29?. The van der Waals surface area contributed by atoms with Crippen molar-refractivity contribution >= 4 is 27.1 Å². The average Bonchev–Trinajstić information content (AvgIpc) is 3.22. The summed E-state index contributed by atoms with van der Waals surface area (Å²) in [7, 11) is 0. The van der Waals surface area contributed by atoms with Crippen molar-refractivity contribution in [1.29, 1.82) is 0 Å². The highest BCUT2D eigenvalue weighted by Crippen LogP contribution is 2.36. The van der Waals surface area contributed by atoms with Gasteiger partial charge in [0, 0.05) is 40.0 Å². The van der Waals surface area contributed by atoms with Crippen LogP contribution in [0.15, 0.2) is 201 Å². The first-order valence-corrected chi connectivity index (χ1v) is 17.9. The molecule has 3 nitrogen and oxygen atoms in total. The monoisotopic (exact) mass is 677 g/mol. The van der Waals surface area contributed by atoms with Gasteiger partial charge in [-0.2, -0.15) is 0 Å². The number of pyridine rings is 1. The van der Waals surface area contributed by atoms with Gasteiger partial charge in [0.25, 0.3) is 0 Å². The number of nitrogens with zero attached hydrogens (tertiary/aromatic N) is 3. The van der Waals surface area contributed by atoms with Crippen LogP contribution in [-0.2, 0) is 6.42 Å². The van der Waals surface area contributed by atoms with E-state index in [9.17, 15) is 0 Å². The zero-order valence-corrected chi connectivity index (χ0v) is 29.2. The van der Waals surface area contributed by atoms with E-state index in [1.807, 2.05) is 24.5 Å². The van der Waals surface area contributed by atoms with Crippen LogP contribution >= 0.6 is 0 Å². The molecule has 6 aromatic carbocycles. The number of allylic oxidation sites excluding steroid dienone is 6. The minimum absolute atomic E-state index is 0.686. The van der Waals surface area contributed by atoms with E-state index in [0.29, 0.717) is 5.82 Å². The van der Waals surface area contributed by atoms with Crippen molar-refractivity contribution in [3.05, 3.63) is 217 Å². The van der Waals surface area contributed by atoms with E-state index in [1.165, 1.54) is 10.9 Å². The lowest BCUT2D eigenvalue weighted by Crippen LogP contribution is -2.02. The van der Waals surface area contributed by atoms with Gasteiger partial charge in [-0.25, -0.2) is 9.97 Å². The Balaban J connectivity index is 1.17. The van der Waals surface area contributed by atoms with Crippen LogP contribution in [0.5, 0.6) is 0 Å². The molecule has 0 saturated carbocycles. The normalized spacial score (nSPS) is 14.0. The van der Waals surface area contributed by atoms with Gasteiger partial charge in [0.05, 0.1) is 11.4 Å². The fraction of sp³-hybridized carbons (Fsp3) is 0.0200. The first-order valence-electron chi connectivity index (χ1n) is 17.9. The first-order chi connectivity index (χ1) is 26.2. The van der Waals surface area contributed by atoms with E-state index < -0.39 is 0 Å². The van der Waals surface area contributed by atoms with Crippen LogP contribution in [0.25, 0.3) is 72.0 Å². The number of hydrogen-bond acceptors (Lipinski definition) is 3. The van der Waals surface area contributed by atoms with Crippen molar-refractivity contribution < 1.29 is 0 Å². The van der Waals surface area contributed by atoms with Crippen molar-refractivity contribution in [1.82, 2.24) is 15.0 Å². The number of aromatic nitrogens is 3. The van der Waals surface area contributed by atoms with Gasteiger partial charge in [-0.15, -0.1) is 0 Å². The van der Waals surface area contributed by atoms with Crippen LogP contribution in [0.3, 0.4) is 0 Å². The van der Waals surface area contributed by atoms with Gasteiger partial charge in [0.15, 0.2) is 5.82 Å². The van der Waals surface area contributed by atoms with Crippen molar-refractivity contribution in [2.24, 2.45) is 0 Å². The van der Waals surface area contributed by atoms with Crippen LogP contribution in [0.4, 0.5) is 0 Å². The van der Waals surface area contributed by atoms with Crippen molar-refractivity contribution in [3.8, 4) is 44.9 Å². The zero-order valence-electron chi connectivity index (χ0n) is 29.2. The Kier molecular flexibility index (Phi) is 8.43. The highest BCUT2D eigenvalue weighted by molar-refractivity contribution is 5.97. The summed E-state index contributed by atoms with van der Waals surface area (Å²) in [5.74, 6) is 0.686. The molecule has 0 amide bonds. The molecule has 0 fully saturated rings. The van der Waals surface area contributed by atoms with Gasteiger partial charge in [0.2, 0.25) is 0 Å². The number of hydrogen-bond donors (Lipinski definition) is 0. The summed E-state index contributed by atoms with van der Waals surface area (Å²) < 4.78 is 0. The summed E-state index contributed by atoms with van der Waals surface area (Å²) in [6, 6.07) is 51.3. The summed E-state index contributed by atoms with van der Waals surface area (Å²) in [6.07, 6.45) is 15.2. The summed E-state index contributed by atoms with van der Waals surface area (Å²) in [5.41, 5.74) is 12.6. The predicted octanol–water partition coefficient (Wildman–Crippen LogP) is 12.5. The van der Waals surface area contributed by atoms with Crippen molar-refractivity contribution in [3.63, 3.8) is 0 Å². The molecule has 0 saturated heterocycles. The summed E-state index contributed by atoms with van der Waals surface area (Å²) in [6.45, 7) is 4.37. The molecule has 2 aromatic heterocycles. The largest absolute Gasteiger partial charge is 0.263 e. The van der Waals surface area contributed by atoms with Gasteiger partial charge in [-0.1, -0.05) is 164 Å². The molecule has 0 aliphatic heterocycles. The quantitative estimate of drug-likeness (QED) is 0.182. The second kappa shape index (κ2) is 14.0. The van der Waals surface area contributed by atoms with E-state index in [1.54, 1.807) is 0 Å². The molecule has 1 aliphatic carbocycles. The van der Waals surface area contributed by atoms with Crippen molar-refractivity contribution in [2.45, 2.75) is 6.42 Å². The average molecular weight is 678 g/mol. The van der Waals surface area contributed by atoms with E-state index in [4.69, 9.17) is 9.97 Å². The minimum Gasteiger partial charge on any atom is -0.263 e. The van der Waals surface area contributed by atoms with Crippen LogP contribution in [0.2, 0.25) is 0 Å². The maximum Gasteiger partial charge on any atom is 0.161 e. The molecule has 1 aliphatic rings. The number of fused-ring (bicyclic) bond motifs is 3. The number of rotatable bonds is 5. The molecule has 53 heavy (non-hydrogen) atoms. The molecule has 8 aromatic rings. The van der Waals surface area contributed by atoms with Gasteiger partial charge < -0.3 is 0 Å². The Bertz CT molecular complexity index is 2760. The Morgan fingerprint density at radius 1 is 0.491 bits per heavy atom. The lowest BCUT2D eigenvalue weighted by atomic mass is 9.92. The molecule has 0 unspecified atom stereocenters. The van der Waals surface area contributed by atoms with Gasteiger partial charge in [0.1, 0.15) is 0 Å². The molecule has 0 radical (unpaired) electrons. The molecular weight excluding hydrogens is 643 g/mol. The maximum absolute atomic E-state index is 5.32. The second-order valence-electron chi connectivity index (χ2n) is 13.3. The highest BCUT2D eigenvalue weighted by atomic mass is 14.9. The van der Waals surface area contributed by atoms with E-state index in [-0.39, 0.29) is 0 Å². The second-order valence-corrected chi connectivity index (χ2v) is 13.3. The minimum atomic E-state index is 0.686. The van der Waals surface area contributed by atoms with Gasteiger partial charge in [-0.05, 0) is 74.2 Å². The molecular formula is C50H35N3. The lowest BCUT2D eigenvalue weighted by Gasteiger charge is -2.16. The molecule has 2 heterocycles. The summed E-state index contributed by atoms with van der Waals surface area (Å²) >= 11 is 0. The summed E-state index contributed by atoms with van der Waals surface area (Å²) in [4.78, 5) is 15.1. The van der Waals surface area contributed by atoms with Crippen molar-refractivity contribution in [2.75, 3.05) is 0 Å². The molecule has 3 heteroatoms. The fourth-order valence-corrected chi connectivity index (χ4v) is 7.26. The molecule has 0 bridgehead atoms. The van der Waals surface area contributed by atoms with E-state index in [2.05, 4.69) is 175 Å². The Morgan fingerprint density at radius 2 is 1.17 bits per heavy atom. The highest BCUT2D eigenvalue weighted by Gasteiger charge is 2.18. The predicted molar refractivity (Wildman–Crippen MR) is 221 cm³/mol. The Morgan fingerprint density at radius 3 is 2.06 bits per heavy atom. The van der Waals surface area contributed by atoms with Crippen LogP contribution in [0.1, 0.15) is 16.8 Å². The lowest BCUT2D eigenvalue weighted by molar-refractivity contribution is 1.15. The smallest absolute Gasteiger partial charge is 0.161 e. The third kappa shape index (κ3) is 6.41. The maximum atomic E-state index is 5.32. The van der Waals surface area contributed by atoms with Crippen LogP contribution in [0, 0.1) is 0 Å².